The maximum atomic E-state index is 12.7. The molecule has 1 saturated heterocycles. The number of hydrogen-bond donors (Lipinski definition) is 1. The average molecular weight is 305 g/mol. The normalized spacial score (nSPS) is 15.8. The van der Waals surface area contributed by atoms with Crippen molar-refractivity contribution in [2.45, 2.75) is 25.8 Å². The lowest BCUT2D eigenvalue weighted by molar-refractivity contribution is 0.0466. The molecule has 0 aliphatic carbocycles. The molecule has 22 heavy (non-hydrogen) atoms. The van der Waals surface area contributed by atoms with E-state index in [-0.39, 0.29) is 12.1 Å². The van der Waals surface area contributed by atoms with Crippen LogP contribution in [0.15, 0.2) is 24.3 Å². The number of benzene rings is 1. The molecule has 0 radical (unpaired) electrons. The average Bonchev–Trinajstić information content (AvgIpc) is 2.50. The van der Waals surface area contributed by atoms with E-state index in [0.717, 1.165) is 50.4 Å². The number of aryl methyl sites for hydroxylation is 1. The van der Waals surface area contributed by atoms with Crippen molar-refractivity contribution in [1.82, 2.24) is 9.80 Å². The van der Waals surface area contributed by atoms with Gasteiger partial charge in [-0.1, -0.05) is 18.2 Å². The third-order valence-electron chi connectivity index (χ3n) is 4.07. The first-order valence-corrected chi connectivity index (χ1v) is 7.93. The maximum absolute atomic E-state index is 12.7. The molecule has 5 heteroatoms. The number of anilines is 1. The first-order chi connectivity index (χ1) is 10.6. The summed E-state index contributed by atoms with van der Waals surface area (Å²) in [6.07, 6.45) is 1.82. The topological polar surface area (TPSA) is 44.8 Å². The van der Waals surface area contributed by atoms with Crippen molar-refractivity contribution in [3.63, 3.8) is 0 Å². The fraction of sp³-hybridized carbons (Fsp3) is 0.588. The van der Waals surface area contributed by atoms with E-state index in [9.17, 15) is 4.79 Å². The smallest absolute Gasteiger partial charge is 0.322 e. The summed E-state index contributed by atoms with van der Waals surface area (Å²) in [7, 11) is 4.06. The zero-order valence-corrected chi connectivity index (χ0v) is 13.8. The van der Waals surface area contributed by atoms with Crippen LogP contribution in [0.2, 0.25) is 0 Å². The minimum atomic E-state index is -0.0111. The molecule has 0 spiro atoms. The molecule has 1 aromatic rings. The molecule has 1 aliphatic heterocycles. The summed E-state index contributed by atoms with van der Waals surface area (Å²) in [5.74, 6) is 0. The van der Waals surface area contributed by atoms with E-state index in [2.05, 4.69) is 10.2 Å². The van der Waals surface area contributed by atoms with E-state index in [0.29, 0.717) is 0 Å². The maximum Gasteiger partial charge on any atom is 0.322 e. The summed E-state index contributed by atoms with van der Waals surface area (Å²) in [6, 6.07) is 8.13. The number of urea groups is 1. The molecule has 0 aromatic heterocycles. The number of nitrogens with zero attached hydrogens (tertiary/aromatic N) is 2. The largest absolute Gasteiger partial charge is 0.381 e. The van der Waals surface area contributed by atoms with Gasteiger partial charge in [0, 0.05) is 38.0 Å². The number of amides is 2. The summed E-state index contributed by atoms with van der Waals surface area (Å²) in [6.45, 7) is 5.07. The van der Waals surface area contributed by atoms with Gasteiger partial charge < -0.3 is 19.9 Å². The summed E-state index contributed by atoms with van der Waals surface area (Å²) in [5, 5.41) is 3.06. The Balaban J connectivity index is 2.05. The lowest BCUT2D eigenvalue weighted by Crippen LogP contribution is -2.48. The molecule has 1 N–H and O–H groups in total. The van der Waals surface area contributed by atoms with Crippen molar-refractivity contribution in [3.05, 3.63) is 29.8 Å². The van der Waals surface area contributed by atoms with Crippen molar-refractivity contribution >= 4 is 11.7 Å². The summed E-state index contributed by atoms with van der Waals surface area (Å²) < 4.78 is 5.42. The van der Waals surface area contributed by atoms with Gasteiger partial charge >= 0.3 is 6.03 Å². The third-order valence-corrected chi connectivity index (χ3v) is 4.07. The van der Waals surface area contributed by atoms with Crippen LogP contribution in [-0.2, 0) is 4.74 Å². The first-order valence-electron chi connectivity index (χ1n) is 7.93. The number of carbonyl (C=O) groups excluding carboxylic acids is 1. The van der Waals surface area contributed by atoms with Gasteiger partial charge in [0.2, 0.25) is 0 Å². The van der Waals surface area contributed by atoms with Crippen LogP contribution in [-0.4, -0.2) is 62.3 Å². The molecule has 0 bridgehead atoms. The van der Waals surface area contributed by atoms with Gasteiger partial charge in [0.1, 0.15) is 0 Å². The summed E-state index contributed by atoms with van der Waals surface area (Å²) >= 11 is 0. The Morgan fingerprint density at radius 1 is 1.23 bits per heavy atom. The molecule has 0 unspecified atom stereocenters. The van der Waals surface area contributed by atoms with Crippen LogP contribution in [0.3, 0.4) is 0 Å². The monoisotopic (exact) mass is 305 g/mol. The molecule has 0 saturated carbocycles. The second-order valence-electron chi connectivity index (χ2n) is 6.09. The molecular formula is C17H27N3O2. The lowest BCUT2D eigenvalue weighted by atomic mass is 10.1. The van der Waals surface area contributed by atoms with E-state index >= 15 is 0 Å². The van der Waals surface area contributed by atoms with Crippen molar-refractivity contribution in [1.29, 1.82) is 0 Å². The zero-order valence-electron chi connectivity index (χ0n) is 13.8. The molecule has 2 rings (SSSR count). The predicted octanol–water partition coefficient (Wildman–Crippen LogP) is 2.57. The molecule has 1 aliphatic rings. The highest BCUT2D eigenvalue weighted by Gasteiger charge is 2.25. The standard InChI is InChI=1S/C17H27N3O2/c1-14-6-4-5-7-16(14)18-17(21)20(11-10-19(2)3)15-8-12-22-13-9-15/h4-7,15H,8-13H2,1-3H3,(H,18,21). The fourth-order valence-corrected chi connectivity index (χ4v) is 2.65. The zero-order chi connectivity index (χ0) is 15.9. The van der Waals surface area contributed by atoms with Gasteiger partial charge in [-0.3, -0.25) is 0 Å². The third kappa shape index (κ3) is 4.71. The molecule has 122 valence electrons. The van der Waals surface area contributed by atoms with E-state index in [1.165, 1.54) is 0 Å². The van der Waals surface area contributed by atoms with E-state index in [1.54, 1.807) is 0 Å². The predicted molar refractivity (Wildman–Crippen MR) is 89.3 cm³/mol. The van der Waals surface area contributed by atoms with Crippen LogP contribution in [0.25, 0.3) is 0 Å². The van der Waals surface area contributed by atoms with Gasteiger partial charge in [-0.25, -0.2) is 4.79 Å². The number of carbonyl (C=O) groups is 1. The summed E-state index contributed by atoms with van der Waals surface area (Å²) in [5.41, 5.74) is 1.96. The molecule has 2 amide bonds. The van der Waals surface area contributed by atoms with Crippen LogP contribution in [0.1, 0.15) is 18.4 Å². The second kappa shape index (κ2) is 8.15. The quantitative estimate of drug-likeness (QED) is 0.909. The minimum absolute atomic E-state index is 0.0111. The van der Waals surface area contributed by atoms with Gasteiger partial charge in [-0.05, 0) is 45.5 Å². The van der Waals surface area contributed by atoms with Crippen molar-refractivity contribution < 1.29 is 9.53 Å². The van der Waals surface area contributed by atoms with Gasteiger partial charge in [0.05, 0.1) is 0 Å². The Kier molecular flexibility index (Phi) is 6.21. The number of ether oxygens (including phenoxy) is 1. The van der Waals surface area contributed by atoms with Crippen LogP contribution >= 0.6 is 0 Å². The van der Waals surface area contributed by atoms with Crippen LogP contribution < -0.4 is 5.32 Å². The van der Waals surface area contributed by atoms with Gasteiger partial charge in [-0.2, -0.15) is 0 Å². The highest BCUT2D eigenvalue weighted by atomic mass is 16.5. The fourth-order valence-electron chi connectivity index (χ4n) is 2.65. The Morgan fingerprint density at radius 3 is 2.55 bits per heavy atom. The molecule has 0 atom stereocenters. The van der Waals surface area contributed by atoms with Crippen LogP contribution in [0, 0.1) is 6.92 Å². The van der Waals surface area contributed by atoms with Gasteiger partial charge in [0.25, 0.3) is 0 Å². The molecule has 5 nitrogen and oxygen atoms in total. The lowest BCUT2D eigenvalue weighted by Gasteiger charge is -2.35. The van der Waals surface area contributed by atoms with E-state index in [1.807, 2.05) is 50.2 Å². The number of likely N-dealkylation sites (N-methyl/N-ethyl adjacent to an activating group) is 1. The number of para-hydroxylation sites is 1. The van der Waals surface area contributed by atoms with Crippen LogP contribution in [0.4, 0.5) is 10.5 Å². The first kappa shape index (κ1) is 16.8. The molecule has 1 aromatic carbocycles. The Hall–Kier alpha value is -1.59. The highest BCUT2D eigenvalue weighted by molar-refractivity contribution is 5.90. The number of hydrogen-bond acceptors (Lipinski definition) is 3. The molecular weight excluding hydrogens is 278 g/mol. The van der Waals surface area contributed by atoms with Crippen molar-refractivity contribution in [2.75, 3.05) is 45.7 Å². The van der Waals surface area contributed by atoms with Gasteiger partial charge in [-0.15, -0.1) is 0 Å². The minimum Gasteiger partial charge on any atom is -0.381 e. The van der Waals surface area contributed by atoms with E-state index in [4.69, 9.17) is 4.74 Å². The number of rotatable bonds is 5. The Morgan fingerprint density at radius 2 is 1.91 bits per heavy atom. The second-order valence-corrected chi connectivity index (χ2v) is 6.09. The highest BCUT2D eigenvalue weighted by Crippen LogP contribution is 2.18. The molecule has 1 heterocycles. The van der Waals surface area contributed by atoms with E-state index < -0.39 is 0 Å². The Labute approximate surface area is 133 Å². The molecule has 1 fully saturated rings. The Bertz CT molecular complexity index is 485. The number of nitrogens with one attached hydrogen (secondary N) is 1. The van der Waals surface area contributed by atoms with Crippen LogP contribution in [0.5, 0.6) is 0 Å². The SMILES string of the molecule is Cc1ccccc1NC(=O)N(CCN(C)C)C1CCOCC1. The summed E-state index contributed by atoms with van der Waals surface area (Å²) in [4.78, 5) is 16.8. The van der Waals surface area contributed by atoms with Crippen molar-refractivity contribution in [2.24, 2.45) is 0 Å². The van der Waals surface area contributed by atoms with Gasteiger partial charge in [0.15, 0.2) is 0 Å². The van der Waals surface area contributed by atoms with Crippen molar-refractivity contribution in [3.8, 4) is 0 Å².